The monoisotopic (exact) mass is 294 g/mol. The van der Waals surface area contributed by atoms with Crippen LogP contribution in [0.1, 0.15) is 9.53 Å². The average Bonchev–Trinajstić information content (AvgIpc) is 2.20. The fourth-order valence-corrected chi connectivity index (χ4v) is 3.15. The van der Waals surface area contributed by atoms with Crippen molar-refractivity contribution in [2.24, 2.45) is 0 Å². The van der Waals surface area contributed by atoms with Crippen LogP contribution in [-0.4, -0.2) is 34.0 Å². The van der Waals surface area contributed by atoms with Crippen molar-refractivity contribution in [3.05, 3.63) is 35.9 Å². The van der Waals surface area contributed by atoms with Gasteiger partial charge in [-0.1, -0.05) is 0 Å². The van der Waals surface area contributed by atoms with Gasteiger partial charge < -0.3 is 0 Å². The van der Waals surface area contributed by atoms with Crippen molar-refractivity contribution < 1.29 is 9.53 Å². The number of esters is 1. The van der Waals surface area contributed by atoms with Crippen LogP contribution >= 0.6 is 0 Å². The molecule has 0 aliphatic rings. The van der Waals surface area contributed by atoms with Gasteiger partial charge in [0, 0.05) is 0 Å². The van der Waals surface area contributed by atoms with Gasteiger partial charge in [-0.05, 0) is 0 Å². The Morgan fingerprint density at radius 3 is 2.46 bits per heavy atom. The number of benzene rings is 1. The predicted octanol–water partition coefficient (Wildman–Crippen LogP) is 1.65. The first kappa shape index (κ1) is 10.6. The molecule has 13 heavy (non-hydrogen) atoms. The fourth-order valence-electron chi connectivity index (χ4n) is 1.10. The fraction of sp³-hybridized carbons (Fsp3) is 0.300. The van der Waals surface area contributed by atoms with Crippen molar-refractivity contribution in [2.45, 2.75) is 8.94 Å². The molecule has 1 aromatic carbocycles. The summed E-state index contributed by atoms with van der Waals surface area (Å²) in [6.07, 6.45) is 0. The van der Waals surface area contributed by atoms with Crippen molar-refractivity contribution in [3.8, 4) is 0 Å². The average molecular weight is 292 g/mol. The molecule has 0 aliphatic heterocycles. The first-order valence-corrected chi connectivity index (χ1v) is 7.62. The van der Waals surface area contributed by atoms with Crippen LogP contribution in [0.3, 0.4) is 0 Å². The third-order valence-electron chi connectivity index (χ3n) is 1.75. The van der Waals surface area contributed by atoms with Crippen LogP contribution in [0.25, 0.3) is 0 Å². The molecule has 0 heterocycles. The molecule has 0 fully saturated rings. The summed E-state index contributed by atoms with van der Waals surface area (Å²) >= 11 is -0.328. The summed E-state index contributed by atoms with van der Waals surface area (Å²) in [6, 6.07) is 9.82. The molecule has 0 aromatic heterocycles. The molecule has 0 aliphatic carbocycles. The van der Waals surface area contributed by atoms with Crippen molar-refractivity contribution in [3.63, 3.8) is 0 Å². The number of hydrogen-bond acceptors (Lipinski definition) is 2. The molecule has 70 valence electrons. The van der Waals surface area contributed by atoms with Gasteiger partial charge in [-0.25, -0.2) is 0 Å². The quantitative estimate of drug-likeness (QED) is 0.625. The first-order chi connectivity index (χ1) is 6.29. The van der Waals surface area contributed by atoms with E-state index < -0.39 is 0 Å². The summed E-state index contributed by atoms with van der Waals surface area (Å²) in [7, 11) is 1.45. The molecular formula is C10H12O2Te. The number of hydrogen-bond donors (Lipinski definition) is 0. The Morgan fingerprint density at radius 2 is 2.00 bits per heavy atom. The molecule has 0 radical (unpaired) electrons. The van der Waals surface area contributed by atoms with Crippen LogP contribution < -0.4 is 0 Å². The predicted molar refractivity (Wildman–Crippen MR) is 52.8 cm³/mol. The summed E-state index contributed by atoms with van der Waals surface area (Å²) in [5.74, 6) is -0.101. The van der Waals surface area contributed by atoms with Crippen LogP contribution in [0.2, 0.25) is 4.97 Å². The summed E-state index contributed by atoms with van der Waals surface area (Å²) < 4.78 is 4.76. The van der Waals surface area contributed by atoms with Gasteiger partial charge in [-0.2, -0.15) is 0 Å². The van der Waals surface area contributed by atoms with Crippen molar-refractivity contribution in [1.82, 2.24) is 0 Å². The molecular weight excluding hydrogens is 280 g/mol. The van der Waals surface area contributed by atoms with E-state index in [0.29, 0.717) is 0 Å². The maximum atomic E-state index is 11.4. The molecule has 0 N–H and O–H groups in total. The van der Waals surface area contributed by atoms with E-state index in [0.717, 1.165) is 5.56 Å². The zero-order valence-electron chi connectivity index (χ0n) is 7.69. The molecule has 0 spiro atoms. The van der Waals surface area contributed by atoms with Crippen LogP contribution in [0.15, 0.2) is 30.3 Å². The van der Waals surface area contributed by atoms with Gasteiger partial charge in [0.2, 0.25) is 0 Å². The number of rotatable bonds is 3. The van der Waals surface area contributed by atoms with Crippen LogP contribution in [0, 0.1) is 0 Å². The summed E-state index contributed by atoms with van der Waals surface area (Å²) in [6.45, 7) is 0. The molecule has 3 heteroatoms. The second-order valence-corrected chi connectivity index (χ2v) is 5.24. The van der Waals surface area contributed by atoms with E-state index in [1.165, 1.54) is 7.11 Å². The Bertz CT molecular complexity index is 272. The Morgan fingerprint density at radius 1 is 1.38 bits per heavy atom. The van der Waals surface area contributed by atoms with E-state index in [9.17, 15) is 4.79 Å². The minimum atomic E-state index is -0.328. The van der Waals surface area contributed by atoms with E-state index in [-0.39, 0.29) is 30.9 Å². The first-order valence-electron chi connectivity index (χ1n) is 3.95. The van der Waals surface area contributed by atoms with Gasteiger partial charge in [0.15, 0.2) is 0 Å². The molecule has 0 saturated heterocycles. The van der Waals surface area contributed by atoms with Gasteiger partial charge in [0.25, 0.3) is 0 Å². The van der Waals surface area contributed by atoms with E-state index in [4.69, 9.17) is 4.74 Å². The van der Waals surface area contributed by atoms with Crippen LogP contribution in [-0.2, 0) is 9.53 Å². The molecule has 1 atom stereocenters. The zero-order chi connectivity index (χ0) is 9.68. The Hall–Kier alpha value is -0.520. The standard InChI is InChI=1S/C10H12O2Te/c1-12-10(11)9(13-2)8-6-4-3-5-7-8/h3-7,9H,1-2H3. The number of methoxy groups -OCH3 is 1. The van der Waals surface area contributed by atoms with Crippen LogP contribution in [0.5, 0.6) is 0 Å². The molecule has 2 nitrogen and oxygen atoms in total. The second-order valence-electron chi connectivity index (χ2n) is 2.55. The summed E-state index contributed by atoms with van der Waals surface area (Å²) in [5, 5.41) is 0. The number of carbonyl (C=O) groups is 1. The summed E-state index contributed by atoms with van der Waals surface area (Å²) in [5.41, 5.74) is 1.08. The number of ether oxygens (including phenoxy) is 1. The molecule has 0 saturated carbocycles. The maximum absolute atomic E-state index is 11.4. The molecule has 0 amide bonds. The molecule has 1 aromatic rings. The van der Waals surface area contributed by atoms with E-state index in [1.807, 2.05) is 30.3 Å². The van der Waals surface area contributed by atoms with E-state index in [1.54, 1.807) is 0 Å². The van der Waals surface area contributed by atoms with Gasteiger partial charge in [-0.3, -0.25) is 0 Å². The number of carbonyl (C=O) groups excluding carboxylic acids is 1. The van der Waals surface area contributed by atoms with Gasteiger partial charge >= 0.3 is 88.4 Å². The molecule has 1 rings (SSSR count). The SMILES string of the molecule is COC(=O)C([Te]C)c1ccccc1. The third kappa shape index (κ3) is 2.72. The van der Waals surface area contributed by atoms with Crippen molar-refractivity contribution >= 4 is 26.9 Å². The summed E-state index contributed by atoms with van der Waals surface area (Å²) in [4.78, 5) is 13.5. The topological polar surface area (TPSA) is 26.3 Å². The van der Waals surface area contributed by atoms with Crippen molar-refractivity contribution in [2.75, 3.05) is 7.11 Å². The Kier molecular flexibility index (Phi) is 4.27. The van der Waals surface area contributed by atoms with Gasteiger partial charge in [0.05, 0.1) is 0 Å². The Balaban J connectivity index is 2.85. The normalized spacial score (nSPS) is 12.2. The zero-order valence-corrected chi connectivity index (χ0v) is 10.0. The van der Waals surface area contributed by atoms with E-state index >= 15 is 0 Å². The molecule has 0 bridgehead atoms. The van der Waals surface area contributed by atoms with E-state index in [2.05, 4.69) is 4.97 Å². The minimum absolute atomic E-state index is 0.0107. The second kappa shape index (κ2) is 5.26. The third-order valence-corrected chi connectivity index (χ3v) is 4.42. The molecule has 1 unspecified atom stereocenters. The van der Waals surface area contributed by atoms with Gasteiger partial charge in [-0.15, -0.1) is 0 Å². The van der Waals surface area contributed by atoms with Crippen LogP contribution in [0.4, 0.5) is 0 Å². The van der Waals surface area contributed by atoms with Crippen molar-refractivity contribution in [1.29, 1.82) is 0 Å². The Labute approximate surface area is 88.4 Å². The van der Waals surface area contributed by atoms with Gasteiger partial charge in [0.1, 0.15) is 0 Å².